The molecule has 0 radical (unpaired) electrons. The Kier molecular flexibility index (Phi) is 2.39. The number of aryl methyl sites for hydroxylation is 1. The summed E-state index contributed by atoms with van der Waals surface area (Å²) in [5, 5.41) is 1.17. The van der Waals surface area contributed by atoms with Crippen LogP contribution in [-0.2, 0) is 6.54 Å². The van der Waals surface area contributed by atoms with E-state index in [1.165, 1.54) is 23.7 Å². The second-order valence-corrected chi connectivity index (χ2v) is 3.53. The fourth-order valence-corrected chi connectivity index (χ4v) is 1.63. The van der Waals surface area contributed by atoms with Crippen LogP contribution in [0, 0.1) is 0 Å². The molecule has 0 saturated carbocycles. The van der Waals surface area contributed by atoms with E-state index >= 15 is 0 Å². The van der Waals surface area contributed by atoms with Crippen LogP contribution in [0.3, 0.4) is 0 Å². The number of hydrogen-bond acceptors (Lipinski definition) is 2. The zero-order valence-corrected chi connectivity index (χ0v) is 8.40. The molecular weight excluding hydrogens is 174 g/mol. The second kappa shape index (κ2) is 3.70. The maximum atomic E-state index is 5.61. The van der Waals surface area contributed by atoms with Gasteiger partial charge >= 0.3 is 0 Å². The van der Waals surface area contributed by atoms with Gasteiger partial charge in [-0.25, -0.2) is 4.98 Å². The molecule has 3 heteroatoms. The molecule has 0 bridgehead atoms. The third kappa shape index (κ3) is 1.58. The fraction of sp³-hybridized carbons (Fsp3) is 0.364. The van der Waals surface area contributed by atoms with Crippen LogP contribution in [0.4, 0.5) is 5.82 Å². The van der Waals surface area contributed by atoms with Gasteiger partial charge in [-0.15, -0.1) is 0 Å². The quantitative estimate of drug-likeness (QED) is 0.805. The Labute approximate surface area is 83.6 Å². The van der Waals surface area contributed by atoms with Crippen molar-refractivity contribution in [1.82, 2.24) is 9.55 Å². The molecule has 0 aliphatic carbocycles. The molecule has 2 aromatic heterocycles. The van der Waals surface area contributed by atoms with Crippen molar-refractivity contribution >= 4 is 16.7 Å². The lowest BCUT2D eigenvalue weighted by Gasteiger charge is -2.03. The molecule has 0 aliphatic heterocycles. The molecular formula is C11H15N3. The lowest BCUT2D eigenvalue weighted by Crippen LogP contribution is -1.96. The number of rotatable bonds is 3. The number of anilines is 1. The highest BCUT2D eigenvalue weighted by molar-refractivity contribution is 5.81. The first-order chi connectivity index (χ1) is 6.81. The van der Waals surface area contributed by atoms with Crippen molar-refractivity contribution in [1.29, 1.82) is 0 Å². The Morgan fingerprint density at radius 1 is 1.50 bits per heavy atom. The summed E-state index contributed by atoms with van der Waals surface area (Å²) < 4.78 is 2.23. The number of nitrogens with zero attached hydrogens (tertiary/aromatic N) is 2. The molecule has 2 aromatic rings. The molecule has 0 spiro atoms. The van der Waals surface area contributed by atoms with Crippen LogP contribution in [0.1, 0.15) is 19.8 Å². The van der Waals surface area contributed by atoms with Gasteiger partial charge < -0.3 is 10.3 Å². The highest BCUT2D eigenvalue weighted by atomic mass is 15.0. The van der Waals surface area contributed by atoms with Crippen LogP contribution in [0.5, 0.6) is 0 Å². The van der Waals surface area contributed by atoms with Crippen molar-refractivity contribution in [3.63, 3.8) is 0 Å². The van der Waals surface area contributed by atoms with Crippen molar-refractivity contribution in [2.24, 2.45) is 0 Å². The highest BCUT2D eigenvalue weighted by Gasteiger charge is 2.00. The average Bonchev–Trinajstić information content (AvgIpc) is 2.57. The zero-order chi connectivity index (χ0) is 9.97. The third-order valence-corrected chi connectivity index (χ3v) is 2.43. The van der Waals surface area contributed by atoms with E-state index < -0.39 is 0 Å². The lowest BCUT2D eigenvalue weighted by molar-refractivity contribution is 0.649. The van der Waals surface area contributed by atoms with E-state index in [0.717, 1.165) is 6.54 Å². The van der Waals surface area contributed by atoms with Gasteiger partial charge in [-0.05, 0) is 18.6 Å². The van der Waals surface area contributed by atoms with Gasteiger partial charge in [-0.1, -0.05) is 13.3 Å². The van der Waals surface area contributed by atoms with E-state index in [0.29, 0.717) is 5.82 Å². The van der Waals surface area contributed by atoms with Crippen molar-refractivity contribution in [2.45, 2.75) is 26.3 Å². The Bertz CT molecular complexity index is 431. The average molecular weight is 189 g/mol. The zero-order valence-electron chi connectivity index (χ0n) is 8.40. The third-order valence-electron chi connectivity index (χ3n) is 2.43. The minimum absolute atomic E-state index is 0.589. The summed E-state index contributed by atoms with van der Waals surface area (Å²) in [7, 11) is 0. The van der Waals surface area contributed by atoms with E-state index in [9.17, 15) is 0 Å². The summed E-state index contributed by atoms with van der Waals surface area (Å²) in [6.07, 6.45) is 6.36. The number of hydrogen-bond donors (Lipinski definition) is 1. The first kappa shape index (κ1) is 9.06. The van der Waals surface area contributed by atoms with Crippen LogP contribution in [0.2, 0.25) is 0 Å². The summed E-state index contributed by atoms with van der Waals surface area (Å²) in [4.78, 5) is 4.11. The van der Waals surface area contributed by atoms with Crippen molar-refractivity contribution in [2.75, 3.05) is 5.73 Å². The SMILES string of the molecule is CCCCn1ccc2cc(N)ncc21. The molecule has 3 nitrogen and oxygen atoms in total. The first-order valence-corrected chi connectivity index (χ1v) is 5.01. The topological polar surface area (TPSA) is 43.8 Å². The first-order valence-electron chi connectivity index (χ1n) is 5.01. The molecule has 0 aliphatic rings. The number of nitrogen functional groups attached to an aromatic ring is 1. The van der Waals surface area contributed by atoms with Crippen LogP contribution in [-0.4, -0.2) is 9.55 Å². The van der Waals surface area contributed by atoms with Gasteiger partial charge in [0.25, 0.3) is 0 Å². The Balaban J connectivity index is 2.37. The van der Waals surface area contributed by atoms with Crippen LogP contribution in [0.25, 0.3) is 10.9 Å². The second-order valence-electron chi connectivity index (χ2n) is 3.53. The maximum absolute atomic E-state index is 5.61. The van der Waals surface area contributed by atoms with Crippen molar-refractivity contribution in [3.05, 3.63) is 24.5 Å². The van der Waals surface area contributed by atoms with E-state index in [1.807, 2.05) is 12.3 Å². The minimum atomic E-state index is 0.589. The Morgan fingerprint density at radius 2 is 2.36 bits per heavy atom. The molecule has 2 rings (SSSR count). The van der Waals surface area contributed by atoms with E-state index in [1.54, 1.807) is 0 Å². The maximum Gasteiger partial charge on any atom is 0.124 e. The summed E-state index contributed by atoms with van der Waals surface area (Å²) >= 11 is 0. The van der Waals surface area contributed by atoms with Crippen LogP contribution >= 0.6 is 0 Å². The highest BCUT2D eigenvalue weighted by Crippen LogP contribution is 2.17. The predicted molar refractivity (Wildman–Crippen MR) is 59.1 cm³/mol. The standard InChI is InChI=1S/C11H15N3/c1-2-3-5-14-6-4-9-7-11(12)13-8-10(9)14/h4,6-8H,2-3,5H2,1H3,(H2,12,13). The normalized spacial score (nSPS) is 10.9. The Morgan fingerprint density at radius 3 is 3.14 bits per heavy atom. The van der Waals surface area contributed by atoms with Gasteiger partial charge in [-0.3, -0.25) is 0 Å². The molecule has 0 amide bonds. The number of aromatic nitrogens is 2. The largest absolute Gasteiger partial charge is 0.384 e. The van der Waals surface area contributed by atoms with Gasteiger partial charge in [0.2, 0.25) is 0 Å². The summed E-state index contributed by atoms with van der Waals surface area (Å²) in [6.45, 7) is 3.26. The Hall–Kier alpha value is -1.51. The van der Waals surface area contributed by atoms with E-state index in [2.05, 4.69) is 28.7 Å². The molecule has 0 fully saturated rings. The monoisotopic (exact) mass is 189 g/mol. The molecule has 74 valence electrons. The van der Waals surface area contributed by atoms with Gasteiger partial charge in [0.1, 0.15) is 5.82 Å². The predicted octanol–water partition coefficient (Wildman–Crippen LogP) is 2.42. The molecule has 0 aromatic carbocycles. The van der Waals surface area contributed by atoms with Crippen molar-refractivity contribution in [3.8, 4) is 0 Å². The number of nitrogens with two attached hydrogens (primary N) is 1. The molecule has 0 unspecified atom stereocenters. The van der Waals surface area contributed by atoms with Crippen LogP contribution in [0.15, 0.2) is 24.5 Å². The molecule has 0 saturated heterocycles. The lowest BCUT2D eigenvalue weighted by atomic mass is 10.3. The summed E-state index contributed by atoms with van der Waals surface area (Å²) in [5.74, 6) is 0.589. The minimum Gasteiger partial charge on any atom is -0.384 e. The van der Waals surface area contributed by atoms with Gasteiger partial charge in [0, 0.05) is 18.1 Å². The van der Waals surface area contributed by atoms with Crippen LogP contribution < -0.4 is 5.73 Å². The fourth-order valence-electron chi connectivity index (χ4n) is 1.63. The van der Waals surface area contributed by atoms with Crippen molar-refractivity contribution < 1.29 is 0 Å². The molecule has 2 N–H and O–H groups in total. The smallest absolute Gasteiger partial charge is 0.124 e. The number of unbranched alkanes of at least 4 members (excludes halogenated alkanes) is 1. The number of pyridine rings is 1. The van der Waals surface area contributed by atoms with Gasteiger partial charge in [0.15, 0.2) is 0 Å². The van der Waals surface area contributed by atoms with Gasteiger partial charge in [-0.2, -0.15) is 0 Å². The molecule has 0 atom stereocenters. The summed E-state index contributed by atoms with van der Waals surface area (Å²) in [5.41, 5.74) is 6.79. The molecule has 2 heterocycles. The van der Waals surface area contributed by atoms with E-state index in [-0.39, 0.29) is 0 Å². The van der Waals surface area contributed by atoms with E-state index in [4.69, 9.17) is 5.73 Å². The number of fused-ring (bicyclic) bond motifs is 1. The summed E-state index contributed by atoms with van der Waals surface area (Å²) in [6, 6.07) is 4.00. The van der Waals surface area contributed by atoms with Gasteiger partial charge in [0.05, 0.1) is 11.7 Å². The molecule has 14 heavy (non-hydrogen) atoms.